The maximum absolute atomic E-state index is 12.2. The van der Waals surface area contributed by atoms with Gasteiger partial charge in [0.25, 0.3) is 0 Å². The fraction of sp³-hybridized carbons (Fsp3) is 0.0417. The molecule has 5 nitrogen and oxygen atoms in total. The van der Waals surface area contributed by atoms with E-state index >= 15 is 0 Å². The van der Waals surface area contributed by atoms with Gasteiger partial charge in [-0.05, 0) is 55.0 Å². The van der Waals surface area contributed by atoms with Crippen LogP contribution in [0.2, 0.25) is 5.02 Å². The Labute approximate surface area is 178 Å². The van der Waals surface area contributed by atoms with Crippen molar-refractivity contribution in [2.45, 2.75) is 6.92 Å². The van der Waals surface area contributed by atoms with Crippen LogP contribution in [0, 0.1) is 6.92 Å². The summed E-state index contributed by atoms with van der Waals surface area (Å²) < 4.78 is 10.6. The average molecular weight is 418 g/mol. The van der Waals surface area contributed by atoms with E-state index < -0.39 is 11.9 Å². The highest BCUT2D eigenvalue weighted by atomic mass is 35.5. The lowest BCUT2D eigenvalue weighted by Crippen LogP contribution is -2.08. The molecule has 0 N–H and O–H groups in total. The number of aryl methyl sites for hydroxylation is 1. The number of hydrogen-bond donors (Lipinski definition) is 0. The van der Waals surface area contributed by atoms with Gasteiger partial charge in [-0.1, -0.05) is 53.6 Å². The molecule has 1 aliphatic rings. The number of rotatable bonds is 4. The summed E-state index contributed by atoms with van der Waals surface area (Å²) in [7, 11) is 0. The Morgan fingerprint density at radius 3 is 2.53 bits per heavy atom. The molecule has 0 saturated heterocycles. The van der Waals surface area contributed by atoms with E-state index in [4.69, 9.17) is 21.1 Å². The smallest absolute Gasteiger partial charge is 0.363 e. The zero-order valence-electron chi connectivity index (χ0n) is 16.0. The molecule has 0 radical (unpaired) electrons. The lowest BCUT2D eigenvalue weighted by molar-refractivity contribution is -0.129. The van der Waals surface area contributed by atoms with Crippen molar-refractivity contribution in [2.75, 3.05) is 0 Å². The van der Waals surface area contributed by atoms with Gasteiger partial charge in [0.05, 0.1) is 10.6 Å². The molecule has 148 valence electrons. The van der Waals surface area contributed by atoms with Gasteiger partial charge in [-0.2, -0.15) is 0 Å². The third kappa shape index (κ3) is 4.31. The number of aliphatic imine (C=N–C) groups is 1. The largest absolute Gasteiger partial charge is 0.423 e. The Morgan fingerprint density at radius 1 is 1.03 bits per heavy atom. The molecule has 0 fully saturated rings. The van der Waals surface area contributed by atoms with Gasteiger partial charge in [-0.15, -0.1) is 0 Å². The van der Waals surface area contributed by atoms with E-state index in [0.29, 0.717) is 16.3 Å². The van der Waals surface area contributed by atoms with E-state index in [-0.39, 0.29) is 17.2 Å². The number of esters is 2. The standard InChI is InChI=1S/C24H16ClNO4/c1-15-5-4-6-17(13-15)22-26-21(24(28)30-22)14-16-9-11-18(12-10-16)29-23(27)19-7-2-3-8-20(19)25/h2-14H,1H3/b21-14+. The molecular weight excluding hydrogens is 402 g/mol. The minimum Gasteiger partial charge on any atom is -0.423 e. The highest BCUT2D eigenvalue weighted by Crippen LogP contribution is 2.22. The van der Waals surface area contributed by atoms with Crippen molar-refractivity contribution < 1.29 is 19.1 Å². The average Bonchev–Trinajstić information content (AvgIpc) is 3.10. The van der Waals surface area contributed by atoms with Crippen LogP contribution in [-0.4, -0.2) is 17.8 Å². The molecule has 0 atom stereocenters. The Balaban J connectivity index is 1.50. The maximum Gasteiger partial charge on any atom is 0.363 e. The van der Waals surface area contributed by atoms with Crippen molar-refractivity contribution in [3.05, 3.63) is 106 Å². The molecule has 0 amide bonds. The first-order chi connectivity index (χ1) is 14.5. The number of ether oxygens (including phenoxy) is 2. The molecule has 3 aromatic carbocycles. The van der Waals surface area contributed by atoms with E-state index in [1.54, 1.807) is 54.6 Å². The van der Waals surface area contributed by atoms with Gasteiger partial charge in [0.1, 0.15) is 5.75 Å². The second kappa shape index (κ2) is 8.35. The van der Waals surface area contributed by atoms with Crippen molar-refractivity contribution in [3.8, 4) is 5.75 Å². The van der Waals surface area contributed by atoms with Crippen LogP contribution in [0.5, 0.6) is 5.75 Å². The fourth-order valence-electron chi connectivity index (χ4n) is 2.89. The van der Waals surface area contributed by atoms with Crippen molar-refractivity contribution in [2.24, 2.45) is 4.99 Å². The SMILES string of the molecule is Cc1cccc(C2=N/C(=C/c3ccc(OC(=O)c4ccccc4Cl)cc3)C(=O)O2)c1. The van der Waals surface area contributed by atoms with E-state index in [1.165, 1.54) is 0 Å². The van der Waals surface area contributed by atoms with Crippen molar-refractivity contribution in [1.82, 2.24) is 0 Å². The normalized spacial score (nSPS) is 14.4. The first-order valence-electron chi connectivity index (χ1n) is 9.16. The highest BCUT2D eigenvalue weighted by molar-refractivity contribution is 6.33. The van der Waals surface area contributed by atoms with Crippen LogP contribution in [0.3, 0.4) is 0 Å². The topological polar surface area (TPSA) is 65.0 Å². The molecule has 0 bridgehead atoms. The van der Waals surface area contributed by atoms with Gasteiger partial charge in [0.2, 0.25) is 5.90 Å². The molecule has 30 heavy (non-hydrogen) atoms. The van der Waals surface area contributed by atoms with Gasteiger partial charge in [0.15, 0.2) is 5.70 Å². The number of carbonyl (C=O) groups is 2. The summed E-state index contributed by atoms with van der Waals surface area (Å²) in [4.78, 5) is 28.7. The second-order valence-electron chi connectivity index (χ2n) is 6.64. The monoisotopic (exact) mass is 417 g/mol. The molecular formula is C24H16ClNO4. The fourth-order valence-corrected chi connectivity index (χ4v) is 3.10. The quantitative estimate of drug-likeness (QED) is 0.332. The van der Waals surface area contributed by atoms with Crippen LogP contribution in [-0.2, 0) is 9.53 Å². The Morgan fingerprint density at radius 2 is 1.80 bits per heavy atom. The predicted octanol–water partition coefficient (Wildman–Crippen LogP) is 5.21. The molecule has 3 aromatic rings. The minimum absolute atomic E-state index is 0.201. The van der Waals surface area contributed by atoms with Crippen molar-refractivity contribution >= 4 is 35.5 Å². The number of carbonyl (C=O) groups excluding carboxylic acids is 2. The summed E-state index contributed by atoms with van der Waals surface area (Å²) in [6.07, 6.45) is 1.62. The number of benzene rings is 3. The van der Waals surface area contributed by atoms with Gasteiger partial charge in [-0.25, -0.2) is 14.6 Å². The lowest BCUT2D eigenvalue weighted by atomic mass is 10.1. The molecule has 0 aliphatic carbocycles. The zero-order chi connectivity index (χ0) is 21.1. The van der Waals surface area contributed by atoms with E-state index in [9.17, 15) is 9.59 Å². The summed E-state index contributed by atoms with van der Waals surface area (Å²) in [5.41, 5.74) is 3.00. The Bertz CT molecular complexity index is 1200. The van der Waals surface area contributed by atoms with Gasteiger partial charge in [-0.3, -0.25) is 0 Å². The lowest BCUT2D eigenvalue weighted by Gasteiger charge is -2.06. The number of cyclic esters (lactones) is 1. The molecule has 4 rings (SSSR count). The molecule has 0 spiro atoms. The highest BCUT2D eigenvalue weighted by Gasteiger charge is 2.24. The second-order valence-corrected chi connectivity index (χ2v) is 7.05. The predicted molar refractivity (Wildman–Crippen MR) is 115 cm³/mol. The van der Waals surface area contributed by atoms with Crippen molar-refractivity contribution in [1.29, 1.82) is 0 Å². The molecule has 0 aromatic heterocycles. The molecule has 1 heterocycles. The first-order valence-corrected chi connectivity index (χ1v) is 9.54. The minimum atomic E-state index is -0.543. The van der Waals surface area contributed by atoms with Crippen molar-refractivity contribution in [3.63, 3.8) is 0 Å². The number of nitrogens with zero attached hydrogens (tertiary/aromatic N) is 1. The summed E-state index contributed by atoms with van der Waals surface area (Å²) in [5.74, 6) is -0.417. The Kier molecular flexibility index (Phi) is 5.46. The zero-order valence-corrected chi connectivity index (χ0v) is 16.7. The van der Waals surface area contributed by atoms with E-state index in [1.807, 2.05) is 31.2 Å². The summed E-state index contributed by atoms with van der Waals surface area (Å²) in [6.45, 7) is 1.96. The summed E-state index contributed by atoms with van der Waals surface area (Å²) in [6, 6.07) is 20.9. The van der Waals surface area contributed by atoms with Crippen LogP contribution in [0.1, 0.15) is 27.0 Å². The van der Waals surface area contributed by atoms with E-state index in [0.717, 1.165) is 11.1 Å². The number of halogens is 1. The van der Waals surface area contributed by atoms with Gasteiger partial charge in [0, 0.05) is 5.56 Å². The van der Waals surface area contributed by atoms with Crippen LogP contribution in [0.25, 0.3) is 6.08 Å². The molecule has 0 unspecified atom stereocenters. The third-order valence-electron chi connectivity index (χ3n) is 4.37. The summed E-state index contributed by atoms with van der Waals surface area (Å²) in [5, 5.41) is 0.325. The third-order valence-corrected chi connectivity index (χ3v) is 4.70. The van der Waals surface area contributed by atoms with Gasteiger partial charge >= 0.3 is 11.9 Å². The summed E-state index contributed by atoms with van der Waals surface area (Å²) >= 11 is 6.02. The maximum atomic E-state index is 12.2. The van der Waals surface area contributed by atoms with E-state index in [2.05, 4.69) is 4.99 Å². The van der Waals surface area contributed by atoms with Crippen LogP contribution in [0.15, 0.2) is 83.5 Å². The first kappa shape index (κ1) is 19.6. The van der Waals surface area contributed by atoms with Crippen LogP contribution in [0.4, 0.5) is 0 Å². The van der Waals surface area contributed by atoms with Crippen LogP contribution < -0.4 is 4.74 Å². The number of hydrogen-bond acceptors (Lipinski definition) is 5. The molecule has 1 aliphatic heterocycles. The molecule has 0 saturated carbocycles. The molecule has 6 heteroatoms. The Hall–Kier alpha value is -3.70. The van der Waals surface area contributed by atoms with Gasteiger partial charge < -0.3 is 9.47 Å². The van der Waals surface area contributed by atoms with Crippen LogP contribution >= 0.6 is 11.6 Å².